The van der Waals surface area contributed by atoms with Gasteiger partial charge in [-0.2, -0.15) is 4.31 Å². The van der Waals surface area contributed by atoms with Crippen molar-refractivity contribution < 1.29 is 8.42 Å². The molecule has 2 aromatic carbocycles. The van der Waals surface area contributed by atoms with Crippen LogP contribution in [0.25, 0.3) is 0 Å². The lowest BCUT2D eigenvalue weighted by molar-refractivity contribution is 0.150. The Morgan fingerprint density at radius 3 is 2.00 bits per heavy atom. The summed E-state index contributed by atoms with van der Waals surface area (Å²) in [6.45, 7) is 5.26. The highest BCUT2D eigenvalue weighted by atomic mass is 32.2. The highest BCUT2D eigenvalue weighted by Gasteiger charge is 2.60. The standard InChI is InChI=1S/C21H25NO2S/c1-20(2)14-19(20)25(23,24)22-15-21(16-22,18-11-7-4-8-12-18)13-17-9-5-3-6-10-17/h3-12,19H,13-16H2,1-2H3. The fraction of sp³-hybridized carbons (Fsp3) is 0.429. The van der Waals surface area contributed by atoms with Gasteiger partial charge in [0, 0.05) is 18.5 Å². The van der Waals surface area contributed by atoms with Gasteiger partial charge in [0.05, 0.1) is 5.25 Å². The van der Waals surface area contributed by atoms with Crippen molar-refractivity contribution in [1.29, 1.82) is 0 Å². The van der Waals surface area contributed by atoms with E-state index in [4.69, 9.17) is 0 Å². The van der Waals surface area contributed by atoms with Gasteiger partial charge < -0.3 is 0 Å². The van der Waals surface area contributed by atoms with Gasteiger partial charge in [0.2, 0.25) is 10.0 Å². The molecule has 0 bridgehead atoms. The SMILES string of the molecule is CC1(C)CC1S(=O)(=O)N1CC(Cc2ccccc2)(c2ccccc2)C1. The van der Waals surface area contributed by atoms with Gasteiger partial charge in [-0.3, -0.25) is 0 Å². The molecule has 1 atom stereocenters. The van der Waals surface area contributed by atoms with Crippen molar-refractivity contribution in [3.05, 3.63) is 71.8 Å². The third kappa shape index (κ3) is 2.91. The summed E-state index contributed by atoms with van der Waals surface area (Å²) >= 11 is 0. The topological polar surface area (TPSA) is 37.4 Å². The van der Waals surface area contributed by atoms with Crippen molar-refractivity contribution in [2.24, 2.45) is 5.41 Å². The van der Waals surface area contributed by atoms with Crippen molar-refractivity contribution in [2.75, 3.05) is 13.1 Å². The largest absolute Gasteiger partial charge is 0.217 e. The van der Waals surface area contributed by atoms with E-state index in [1.165, 1.54) is 11.1 Å². The zero-order valence-electron chi connectivity index (χ0n) is 14.9. The summed E-state index contributed by atoms with van der Waals surface area (Å²) in [7, 11) is -3.17. The van der Waals surface area contributed by atoms with Gasteiger partial charge in [-0.05, 0) is 29.4 Å². The maximum atomic E-state index is 12.9. The van der Waals surface area contributed by atoms with E-state index in [2.05, 4.69) is 24.3 Å². The zero-order chi connectivity index (χ0) is 17.7. The molecule has 0 radical (unpaired) electrons. The summed E-state index contributed by atoms with van der Waals surface area (Å²) in [4.78, 5) is 0. The van der Waals surface area contributed by atoms with Crippen LogP contribution in [-0.4, -0.2) is 31.1 Å². The maximum Gasteiger partial charge on any atom is 0.217 e. The van der Waals surface area contributed by atoms with Crippen molar-refractivity contribution in [3.63, 3.8) is 0 Å². The molecule has 1 aliphatic carbocycles. The lowest BCUT2D eigenvalue weighted by atomic mass is 9.71. The van der Waals surface area contributed by atoms with E-state index in [-0.39, 0.29) is 16.1 Å². The van der Waals surface area contributed by atoms with Crippen molar-refractivity contribution >= 4 is 10.0 Å². The number of hydrogen-bond acceptors (Lipinski definition) is 2. The van der Waals surface area contributed by atoms with Crippen LogP contribution in [0.15, 0.2) is 60.7 Å². The molecule has 4 rings (SSSR count). The van der Waals surface area contributed by atoms with Crippen LogP contribution in [0.1, 0.15) is 31.4 Å². The number of hydrogen-bond donors (Lipinski definition) is 0. The predicted molar refractivity (Wildman–Crippen MR) is 101 cm³/mol. The molecule has 0 spiro atoms. The van der Waals surface area contributed by atoms with Gasteiger partial charge >= 0.3 is 0 Å². The molecule has 2 fully saturated rings. The second-order valence-corrected chi connectivity index (χ2v) is 10.4. The third-order valence-corrected chi connectivity index (χ3v) is 8.37. The molecule has 25 heavy (non-hydrogen) atoms. The molecule has 1 saturated heterocycles. The van der Waals surface area contributed by atoms with Crippen LogP contribution in [0, 0.1) is 5.41 Å². The van der Waals surface area contributed by atoms with Crippen LogP contribution in [0.2, 0.25) is 0 Å². The fourth-order valence-corrected chi connectivity index (χ4v) is 6.75. The van der Waals surface area contributed by atoms with Gasteiger partial charge in [0.15, 0.2) is 0 Å². The molecule has 0 amide bonds. The normalized spacial score (nSPS) is 24.5. The molecule has 1 heterocycles. The summed E-state index contributed by atoms with van der Waals surface area (Å²) in [6, 6.07) is 20.7. The monoisotopic (exact) mass is 355 g/mol. The minimum Gasteiger partial charge on any atom is -0.212 e. The Bertz CT molecular complexity index is 853. The van der Waals surface area contributed by atoms with Crippen LogP contribution < -0.4 is 0 Å². The average Bonchev–Trinajstić information content (AvgIpc) is 3.22. The van der Waals surface area contributed by atoms with Crippen LogP contribution in [0.3, 0.4) is 0 Å². The molecule has 2 aliphatic rings. The van der Waals surface area contributed by atoms with Crippen LogP contribution in [-0.2, 0) is 21.9 Å². The van der Waals surface area contributed by atoms with Crippen molar-refractivity contribution in [2.45, 2.75) is 37.4 Å². The molecule has 4 heteroatoms. The quantitative estimate of drug-likeness (QED) is 0.822. The fourth-order valence-electron chi connectivity index (χ4n) is 4.09. The average molecular weight is 356 g/mol. The summed E-state index contributed by atoms with van der Waals surface area (Å²) in [5.41, 5.74) is 2.31. The maximum absolute atomic E-state index is 12.9. The predicted octanol–water partition coefficient (Wildman–Crippen LogP) is 3.61. The van der Waals surface area contributed by atoms with Crippen LogP contribution in [0.4, 0.5) is 0 Å². The van der Waals surface area contributed by atoms with Crippen LogP contribution >= 0.6 is 0 Å². The Morgan fingerprint density at radius 2 is 1.48 bits per heavy atom. The molecule has 2 aromatic rings. The van der Waals surface area contributed by atoms with Gasteiger partial charge in [-0.1, -0.05) is 74.5 Å². The van der Waals surface area contributed by atoms with Crippen LogP contribution in [0.5, 0.6) is 0 Å². The summed E-state index contributed by atoms with van der Waals surface area (Å²) in [5.74, 6) is 0. The number of nitrogens with zero attached hydrogens (tertiary/aromatic N) is 1. The van der Waals surface area contributed by atoms with E-state index in [1.54, 1.807) is 4.31 Å². The molecule has 1 aliphatic heterocycles. The number of benzene rings is 2. The molecule has 1 saturated carbocycles. The molecule has 132 valence electrons. The first kappa shape index (κ1) is 16.8. The Labute approximate surface area is 150 Å². The first-order chi connectivity index (χ1) is 11.8. The molecule has 1 unspecified atom stereocenters. The summed E-state index contributed by atoms with van der Waals surface area (Å²) in [6.07, 6.45) is 1.65. The first-order valence-electron chi connectivity index (χ1n) is 8.92. The van der Waals surface area contributed by atoms with E-state index in [0.29, 0.717) is 13.1 Å². The van der Waals surface area contributed by atoms with E-state index >= 15 is 0 Å². The Kier molecular flexibility index (Phi) is 3.82. The summed E-state index contributed by atoms with van der Waals surface area (Å²) < 4.78 is 27.5. The van der Waals surface area contributed by atoms with Crippen molar-refractivity contribution in [1.82, 2.24) is 4.31 Å². The molecular weight excluding hydrogens is 330 g/mol. The molecule has 0 aromatic heterocycles. The Balaban J connectivity index is 1.60. The van der Waals surface area contributed by atoms with Gasteiger partial charge in [0.25, 0.3) is 0 Å². The number of rotatable bonds is 5. The highest BCUT2D eigenvalue weighted by Crippen LogP contribution is 2.53. The van der Waals surface area contributed by atoms with Crippen molar-refractivity contribution in [3.8, 4) is 0 Å². The lowest BCUT2D eigenvalue weighted by Crippen LogP contribution is -2.62. The minimum atomic E-state index is -3.17. The molecular formula is C21H25NO2S. The van der Waals surface area contributed by atoms with E-state index in [0.717, 1.165) is 12.8 Å². The van der Waals surface area contributed by atoms with E-state index in [1.807, 2.05) is 50.2 Å². The van der Waals surface area contributed by atoms with Gasteiger partial charge in [-0.15, -0.1) is 0 Å². The lowest BCUT2D eigenvalue weighted by Gasteiger charge is -2.50. The Morgan fingerprint density at radius 1 is 0.960 bits per heavy atom. The molecule has 3 nitrogen and oxygen atoms in total. The van der Waals surface area contributed by atoms with Gasteiger partial charge in [-0.25, -0.2) is 8.42 Å². The summed E-state index contributed by atoms with van der Waals surface area (Å²) in [5, 5.41) is -0.203. The van der Waals surface area contributed by atoms with E-state index in [9.17, 15) is 8.42 Å². The van der Waals surface area contributed by atoms with Gasteiger partial charge in [0.1, 0.15) is 0 Å². The highest BCUT2D eigenvalue weighted by molar-refractivity contribution is 7.90. The van der Waals surface area contributed by atoms with E-state index < -0.39 is 10.0 Å². The second-order valence-electron chi connectivity index (χ2n) is 8.30. The smallest absolute Gasteiger partial charge is 0.212 e. The first-order valence-corrected chi connectivity index (χ1v) is 10.4. The Hall–Kier alpha value is -1.65. The zero-order valence-corrected chi connectivity index (χ0v) is 15.7. The third-order valence-electron chi connectivity index (χ3n) is 5.87. The number of sulfonamides is 1. The second kappa shape index (κ2) is 5.68. The minimum absolute atomic E-state index is 0.0662. The molecule has 0 N–H and O–H groups in total.